The molecule has 0 spiro atoms. The van der Waals surface area contributed by atoms with Gasteiger partial charge in [-0.3, -0.25) is 9.59 Å². The maximum Gasteiger partial charge on any atom is 0.242 e. The number of nitrogens with zero attached hydrogens (tertiary/aromatic N) is 1. The van der Waals surface area contributed by atoms with Crippen LogP contribution in [0.4, 0.5) is 0 Å². The smallest absolute Gasteiger partial charge is 0.242 e. The van der Waals surface area contributed by atoms with Gasteiger partial charge in [-0.05, 0) is 38.6 Å². The summed E-state index contributed by atoms with van der Waals surface area (Å²) in [5.74, 6) is 0.160. The van der Waals surface area contributed by atoms with Crippen molar-refractivity contribution in [2.45, 2.75) is 70.8 Å². The van der Waals surface area contributed by atoms with Crippen molar-refractivity contribution in [2.24, 2.45) is 5.73 Å². The fourth-order valence-corrected chi connectivity index (χ4v) is 2.78. The number of likely N-dealkylation sites (tertiary alicyclic amines) is 1. The van der Waals surface area contributed by atoms with Crippen molar-refractivity contribution in [1.82, 2.24) is 10.2 Å². The molecule has 0 aromatic heterocycles. The predicted molar refractivity (Wildman–Crippen MR) is 84.8 cm³/mol. The molecule has 0 radical (unpaired) electrons. The Bertz CT molecular complexity index is 321. The van der Waals surface area contributed by atoms with Gasteiger partial charge in [0.25, 0.3) is 0 Å². The first kappa shape index (κ1) is 18.0. The molecule has 0 aliphatic carbocycles. The summed E-state index contributed by atoms with van der Waals surface area (Å²) in [4.78, 5) is 26.2. The Morgan fingerprint density at radius 2 is 2.00 bits per heavy atom. The molecule has 0 unspecified atom stereocenters. The van der Waals surface area contributed by atoms with E-state index < -0.39 is 0 Å². The average Bonchev–Trinajstić information content (AvgIpc) is 2.96. The third-order valence-electron chi connectivity index (χ3n) is 4.05. The molecule has 1 fully saturated rings. The summed E-state index contributed by atoms with van der Waals surface area (Å²) in [6.07, 6.45) is 8.44. The number of nitrogens with two attached hydrogens (primary N) is 1. The molecule has 5 nitrogen and oxygen atoms in total. The van der Waals surface area contributed by atoms with Crippen LogP contribution in [0.3, 0.4) is 0 Å². The maximum absolute atomic E-state index is 12.2. The summed E-state index contributed by atoms with van der Waals surface area (Å²) < 4.78 is 0. The molecule has 21 heavy (non-hydrogen) atoms. The van der Waals surface area contributed by atoms with E-state index in [-0.39, 0.29) is 17.9 Å². The third-order valence-corrected chi connectivity index (χ3v) is 4.05. The van der Waals surface area contributed by atoms with Gasteiger partial charge in [-0.15, -0.1) is 0 Å². The minimum atomic E-state index is -0.242. The highest BCUT2D eigenvalue weighted by Crippen LogP contribution is 2.19. The van der Waals surface area contributed by atoms with Crippen LogP contribution in [0.2, 0.25) is 0 Å². The molecule has 0 saturated carbocycles. The Balaban J connectivity index is 2.30. The molecule has 1 rings (SSSR count). The topological polar surface area (TPSA) is 75.4 Å². The van der Waals surface area contributed by atoms with Gasteiger partial charge in [-0.25, -0.2) is 0 Å². The molecule has 1 aliphatic rings. The van der Waals surface area contributed by atoms with E-state index in [9.17, 15) is 9.59 Å². The van der Waals surface area contributed by atoms with Crippen molar-refractivity contribution < 1.29 is 9.59 Å². The lowest BCUT2D eigenvalue weighted by Crippen LogP contribution is -2.46. The molecular weight excluding hydrogens is 266 g/mol. The summed E-state index contributed by atoms with van der Waals surface area (Å²) >= 11 is 0. The molecular formula is C16H31N3O2. The molecule has 1 saturated heterocycles. The maximum atomic E-state index is 12.2. The summed E-state index contributed by atoms with van der Waals surface area (Å²) in [5, 5.41) is 2.96. The van der Waals surface area contributed by atoms with Gasteiger partial charge in [0.1, 0.15) is 6.04 Å². The summed E-state index contributed by atoms with van der Waals surface area (Å²) in [5.41, 5.74) is 5.44. The van der Waals surface area contributed by atoms with Crippen molar-refractivity contribution in [2.75, 3.05) is 19.6 Å². The summed E-state index contributed by atoms with van der Waals surface area (Å²) in [6.45, 7) is 4.25. The van der Waals surface area contributed by atoms with Crippen molar-refractivity contribution in [3.63, 3.8) is 0 Å². The van der Waals surface area contributed by atoms with Crippen LogP contribution in [0.15, 0.2) is 0 Å². The van der Waals surface area contributed by atoms with E-state index in [0.717, 1.165) is 57.9 Å². The number of hydrogen-bond donors (Lipinski definition) is 2. The van der Waals surface area contributed by atoms with Gasteiger partial charge in [0.2, 0.25) is 11.8 Å². The van der Waals surface area contributed by atoms with Crippen molar-refractivity contribution in [3.05, 3.63) is 0 Å². The average molecular weight is 297 g/mol. The highest BCUT2D eigenvalue weighted by atomic mass is 16.2. The monoisotopic (exact) mass is 297 g/mol. The van der Waals surface area contributed by atoms with E-state index in [1.165, 1.54) is 0 Å². The molecule has 5 heteroatoms. The molecule has 0 aromatic carbocycles. The zero-order valence-electron chi connectivity index (χ0n) is 13.4. The van der Waals surface area contributed by atoms with Gasteiger partial charge in [0.05, 0.1) is 0 Å². The minimum absolute atomic E-state index is 0.0177. The van der Waals surface area contributed by atoms with Crippen molar-refractivity contribution in [3.8, 4) is 0 Å². The first-order chi connectivity index (χ1) is 10.2. The molecule has 3 N–H and O–H groups in total. The van der Waals surface area contributed by atoms with Crippen LogP contribution in [0.5, 0.6) is 0 Å². The van der Waals surface area contributed by atoms with Gasteiger partial charge < -0.3 is 16.0 Å². The summed E-state index contributed by atoms with van der Waals surface area (Å²) in [7, 11) is 0. The molecule has 0 bridgehead atoms. The number of carbonyl (C=O) groups excluding carboxylic acids is 2. The van der Waals surface area contributed by atoms with Crippen LogP contribution in [-0.2, 0) is 9.59 Å². The molecule has 2 amide bonds. The third kappa shape index (κ3) is 6.46. The Labute approximate surface area is 128 Å². The second-order valence-electron chi connectivity index (χ2n) is 5.84. The molecule has 0 aromatic rings. The predicted octanol–water partition coefficient (Wildman–Crippen LogP) is 1.80. The van der Waals surface area contributed by atoms with E-state index >= 15 is 0 Å². The van der Waals surface area contributed by atoms with E-state index in [2.05, 4.69) is 12.2 Å². The van der Waals surface area contributed by atoms with Gasteiger partial charge in [-0.1, -0.05) is 26.2 Å². The molecule has 1 heterocycles. The van der Waals surface area contributed by atoms with E-state index in [0.29, 0.717) is 19.5 Å². The number of unbranched alkanes of at least 4 members (excludes halogenated alkanes) is 4. The highest BCUT2D eigenvalue weighted by Gasteiger charge is 2.33. The van der Waals surface area contributed by atoms with Crippen LogP contribution in [0.25, 0.3) is 0 Å². The first-order valence-electron chi connectivity index (χ1n) is 8.48. The molecule has 122 valence electrons. The van der Waals surface area contributed by atoms with E-state index in [4.69, 9.17) is 5.73 Å². The summed E-state index contributed by atoms with van der Waals surface area (Å²) in [6, 6.07) is -0.242. The number of nitrogens with one attached hydrogen (secondary N) is 1. The lowest BCUT2D eigenvalue weighted by atomic mass is 10.1. The number of hydrogen-bond acceptors (Lipinski definition) is 3. The normalized spacial score (nSPS) is 18.0. The van der Waals surface area contributed by atoms with Gasteiger partial charge in [0, 0.05) is 19.5 Å². The Morgan fingerprint density at radius 3 is 2.71 bits per heavy atom. The zero-order valence-corrected chi connectivity index (χ0v) is 13.4. The second-order valence-corrected chi connectivity index (χ2v) is 5.84. The van der Waals surface area contributed by atoms with E-state index in [1.807, 2.05) is 0 Å². The minimum Gasteiger partial charge on any atom is -0.354 e. The fourth-order valence-electron chi connectivity index (χ4n) is 2.78. The van der Waals surface area contributed by atoms with Crippen molar-refractivity contribution in [1.29, 1.82) is 0 Å². The standard InChI is InChI=1S/C16H31N3O2/c1-2-3-5-10-15(20)19-13-8-9-14(19)16(21)18-12-7-4-6-11-17/h14H,2-13,17H2,1H3,(H,18,21)/t14-/m1/s1. The first-order valence-corrected chi connectivity index (χ1v) is 8.48. The van der Waals surface area contributed by atoms with Gasteiger partial charge >= 0.3 is 0 Å². The molecule has 1 atom stereocenters. The lowest BCUT2D eigenvalue weighted by molar-refractivity contribution is -0.138. The molecule has 1 aliphatic heterocycles. The highest BCUT2D eigenvalue weighted by molar-refractivity contribution is 5.88. The number of amides is 2. The van der Waals surface area contributed by atoms with Crippen LogP contribution >= 0.6 is 0 Å². The lowest BCUT2D eigenvalue weighted by Gasteiger charge is -2.24. The quantitative estimate of drug-likeness (QED) is 0.604. The van der Waals surface area contributed by atoms with Gasteiger partial charge in [-0.2, -0.15) is 0 Å². The Kier molecular flexibility index (Phi) is 9.06. The van der Waals surface area contributed by atoms with E-state index in [1.54, 1.807) is 4.90 Å². The second kappa shape index (κ2) is 10.6. The Morgan fingerprint density at radius 1 is 1.19 bits per heavy atom. The van der Waals surface area contributed by atoms with Crippen LogP contribution in [0, 0.1) is 0 Å². The van der Waals surface area contributed by atoms with Crippen molar-refractivity contribution >= 4 is 11.8 Å². The zero-order chi connectivity index (χ0) is 15.5. The van der Waals surface area contributed by atoms with Crippen LogP contribution in [-0.4, -0.2) is 42.4 Å². The largest absolute Gasteiger partial charge is 0.354 e. The fraction of sp³-hybridized carbons (Fsp3) is 0.875. The number of carbonyl (C=O) groups is 2. The Hall–Kier alpha value is -1.10. The SMILES string of the molecule is CCCCCC(=O)N1CCC[C@@H]1C(=O)NCCCCCN. The van der Waals surface area contributed by atoms with Gasteiger partial charge in [0.15, 0.2) is 0 Å². The van der Waals surface area contributed by atoms with Crippen LogP contribution < -0.4 is 11.1 Å². The number of rotatable bonds is 10. The van der Waals surface area contributed by atoms with Crippen LogP contribution in [0.1, 0.15) is 64.7 Å².